The summed E-state index contributed by atoms with van der Waals surface area (Å²) in [6, 6.07) is 16.5. The number of rotatable bonds is 8. The summed E-state index contributed by atoms with van der Waals surface area (Å²) in [7, 11) is 3.42. The molecule has 29 heavy (non-hydrogen) atoms. The summed E-state index contributed by atoms with van der Waals surface area (Å²) in [6.07, 6.45) is 0.468. The Bertz CT molecular complexity index is 783. The number of methoxy groups -OCH3 is 1. The highest BCUT2D eigenvalue weighted by molar-refractivity contribution is 5.67. The molecule has 2 aromatic carbocycles. The van der Waals surface area contributed by atoms with Gasteiger partial charge in [0, 0.05) is 20.6 Å². The molecule has 0 aromatic heterocycles. The van der Waals surface area contributed by atoms with Crippen LogP contribution in [0.1, 0.15) is 33.3 Å². The van der Waals surface area contributed by atoms with E-state index in [1.807, 2.05) is 52.0 Å². The van der Waals surface area contributed by atoms with Crippen LogP contribution in [0.2, 0.25) is 0 Å². The molecule has 0 fully saturated rings. The van der Waals surface area contributed by atoms with E-state index in [1.165, 1.54) is 4.90 Å². The second-order valence-corrected chi connectivity index (χ2v) is 8.19. The molecule has 0 bridgehead atoms. The number of carbonyl (C=O) groups excluding carboxylic acids is 1. The first kappa shape index (κ1) is 22.8. The first-order chi connectivity index (χ1) is 13.7. The fourth-order valence-electron chi connectivity index (χ4n) is 2.81. The maximum absolute atomic E-state index is 12.1. The zero-order valence-corrected chi connectivity index (χ0v) is 18.4. The predicted octanol–water partition coefficient (Wildman–Crippen LogP) is 5.18. The highest BCUT2D eigenvalue weighted by atomic mass is 16.6. The maximum Gasteiger partial charge on any atom is 0.410 e. The van der Waals surface area contributed by atoms with Crippen LogP contribution in [0, 0.1) is 0 Å². The number of nitrogens with zero attached hydrogens (tertiary/aromatic N) is 1. The third kappa shape index (κ3) is 7.42. The molecule has 2 rings (SSSR count). The number of hydrogen-bond donors (Lipinski definition) is 0. The summed E-state index contributed by atoms with van der Waals surface area (Å²) in [5, 5.41) is 0. The smallest absolute Gasteiger partial charge is 0.410 e. The lowest BCUT2D eigenvalue weighted by atomic mass is 9.99. The summed E-state index contributed by atoms with van der Waals surface area (Å²) in [4.78, 5) is 13.6. The van der Waals surface area contributed by atoms with Gasteiger partial charge in [-0.1, -0.05) is 36.4 Å². The molecule has 5 heteroatoms. The number of hydrogen-bond acceptors (Lipinski definition) is 4. The molecule has 2 aromatic rings. The van der Waals surface area contributed by atoms with Crippen LogP contribution in [0.15, 0.2) is 48.5 Å². The minimum Gasteiger partial charge on any atom is -0.491 e. The van der Waals surface area contributed by atoms with E-state index in [1.54, 1.807) is 14.2 Å². The Morgan fingerprint density at radius 1 is 1.07 bits per heavy atom. The van der Waals surface area contributed by atoms with Gasteiger partial charge in [-0.25, -0.2) is 4.79 Å². The lowest BCUT2D eigenvalue weighted by molar-refractivity contribution is 0.0278. The second-order valence-electron chi connectivity index (χ2n) is 8.19. The van der Waals surface area contributed by atoms with Gasteiger partial charge in [0.05, 0.1) is 12.6 Å². The molecule has 0 aliphatic rings. The van der Waals surface area contributed by atoms with Gasteiger partial charge < -0.3 is 19.1 Å². The van der Waals surface area contributed by atoms with Gasteiger partial charge >= 0.3 is 6.09 Å². The van der Waals surface area contributed by atoms with E-state index >= 15 is 0 Å². The van der Waals surface area contributed by atoms with E-state index in [-0.39, 0.29) is 12.2 Å². The van der Waals surface area contributed by atoms with Gasteiger partial charge in [0.15, 0.2) is 0 Å². The highest BCUT2D eigenvalue weighted by Crippen LogP contribution is 2.28. The van der Waals surface area contributed by atoms with Gasteiger partial charge in [-0.3, -0.25) is 0 Å². The minimum atomic E-state index is -0.511. The predicted molar refractivity (Wildman–Crippen MR) is 116 cm³/mol. The zero-order valence-electron chi connectivity index (χ0n) is 18.4. The summed E-state index contributed by atoms with van der Waals surface area (Å²) in [5.41, 5.74) is 2.88. The number of amides is 1. The van der Waals surface area contributed by atoms with Gasteiger partial charge in [0.2, 0.25) is 0 Å². The Balaban J connectivity index is 2.07. The summed E-state index contributed by atoms with van der Waals surface area (Å²) in [5.74, 6) is 0.811. The van der Waals surface area contributed by atoms with Crippen LogP contribution in [0.4, 0.5) is 4.79 Å². The Morgan fingerprint density at radius 3 is 2.38 bits per heavy atom. The van der Waals surface area contributed by atoms with Crippen molar-refractivity contribution in [2.75, 3.05) is 27.3 Å². The normalized spacial score (nSPS) is 12.3. The van der Waals surface area contributed by atoms with Crippen LogP contribution in [0.5, 0.6) is 5.75 Å². The Kier molecular flexibility index (Phi) is 8.09. The zero-order chi connectivity index (χ0) is 21.4. The van der Waals surface area contributed by atoms with Crippen molar-refractivity contribution in [1.29, 1.82) is 0 Å². The van der Waals surface area contributed by atoms with Crippen molar-refractivity contribution < 1.29 is 19.0 Å². The fraction of sp³-hybridized carbons (Fsp3) is 0.458. The number of ether oxygens (including phenoxy) is 3. The van der Waals surface area contributed by atoms with Crippen molar-refractivity contribution in [3.05, 3.63) is 54.1 Å². The SMILES string of the molecule is COC(C)Cc1cc(-c2ccccc2)ccc1OCCN(C)C(=O)OC(C)(C)C. The molecule has 1 amide bonds. The van der Waals surface area contributed by atoms with Crippen LogP contribution < -0.4 is 4.74 Å². The molecular weight excluding hydrogens is 366 g/mol. The van der Waals surface area contributed by atoms with E-state index in [9.17, 15) is 4.79 Å². The van der Waals surface area contributed by atoms with Crippen LogP contribution >= 0.6 is 0 Å². The van der Waals surface area contributed by atoms with Crippen LogP contribution in [-0.2, 0) is 15.9 Å². The van der Waals surface area contributed by atoms with Gasteiger partial charge in [0.25, 0.3) is 0 Å². The van der Waals surface area contributed by atoms with Gasteiger partial charge in [0.1, 0.15) is 18.0 Å². The first-order valence-electron chi connectivity index (χ1n) is 9.97. The average molecular weight is 400 g/mol. The van der Waals surface area contributed by atoms with Crippen molar-refractivity contribution in [2.24, 2.45) is 0 Å². The third-order valence-corrected chi connectivity index (χ3v) is 4.47. The minimum absolute atomic E-state index is 0.0767. The molecular formula is C24H33NO4. The summed E-state index contributed by atoms with van der Waals surface area (Å²) < 4.78 is 16.8. The number of carbonyl (C=O) groups is 1. The van der Waals surface area contributed by atoms with Crippen molar-refractivity contribution >= 4 is 6.09 Å². The van der Waals surface area contributed by atoms with E-state index in [0.717, 1.165) is 28.9 Å². The second kappa shape index (κ2) is 10.3. The monoisotopic (exact) mass is 399 g/mol. The molecule has 1 atom stereocenters. The molecule has 158 valence electrons. The van der Waals surface area contributed by atoms with E-state index in [2.05, 4.69) is 24.3 Å². The molecule has 0 heterocycles. The molecule has 0 saturated carbocycles. The van der Waals surface area contributed by atoms with E-state index in [4.69, 9.17) is 14.2 Å². The molecule has 0 N–H and O–H groups in total. The van der Waals surface area contributed by atoms with E-state index < -0.39 is 5.60 Å². The lowest BCUT2D eigenvalue weighted by Crippen LogP contribution is -2.36. The number of benzene rings is 2. The van der Waals surface area contributed by atoms with Crippen molar-refractivity contribution in [3.8, 4) is 16.9 Å². The quantitative estimate of drug-likeness (QED) is 0.614. The van der Waals surface area contributed by atoms with E-state index in [0.29, 0.717) is 13.2 Å². The summed E-state index contributed by atoms with van der Waals surface area (Å²) >= 11 is 0. The summed E-state index contributed by atoms with van der Waals surface area (Å²) in [6.45, 7) is 8.42. The Morgan fingerprint density at radius 2 is 1.76 bits per heavy atom. The van der Waals surface area contributed by atoms with Crippen LogP contribution in [0.25, 0.3) is 11.1 Å². The van der Waals surface area contributed by atoms with Crippen molar-refractivity contribution in [2.45, 2.75) is 45.8 Å². The molecule has 0 saturated heterocycles. The number of likely N-dealkylation sites (N-methyl/N-ethyl adjacent to an activating group) is 1. The standard InChI is InChI=1S/C24H33NO4/c1-18(27-6)16-21-17-20(19-10-8-7-9-11-19)12-13-22(21)28-15-14-25(5)23(26)29-24(2,3)4/h7-13,17-18H,14-16H2,1-6H3. The van der Waals surface area contributed by atoms with Gasteiger partial charge in [-0.2, -0.15) is 0 Å². The van der Waals surface area contributed by atoms with Crippen molar-refractivity contribution in [3.63, 3.8) is 0 Å². The lowest BCUT2D eigenvalue weighted by Gasteiger charge is -2.24. The first-order valence-corrected chi connectivity index (χ1v) is 9.97. The average Bonchev–Trinajstić information content (AvgIpc) is 2.68. The highest BCUT2D eigenvalue weighted by Gasteiger charge is 2.19. The molecule has 0 spiro atoms. The molecule has 1 unspecified atom stereocenters. The molecule has 5 nitrogen and oxygen atoms in total. The maximum atomic E-state index is 12.1. The van der Waals surface area contributed by atoms with Crippen LogP contribution in [-0.4, -0.2) is 50.0 Å². The van der Waals surface area contributed by atoms with Gasteiger partial charge in [-0.15, -0.1) is 0 Å². The molecule has 0 aliphatic heterocycles. The fourth-order valence-corrected chi connectivity index (χ4v) is 2.81. The van der Waals surface area contributed by atoms with Gasteiger partial charge in [-0.05, 0) is 56.5 Å². The topological polar surface area (TPSA) is 48.0 Å². The molecule has 0 aliphatic carbocycles. The third-order valence-electron chi connectivity index (χ3n) is 4.47. The Labute approximate surface area is 174 Å². The Hall–Kier alpha value is -2.53. The molecule has 0 radical (unpaired) electrons. The largest absolute Gasteiger partial charge is 0.491 e. The van der Waals surface area contributed by atoms with Crippen LogP contribution in [0.3, 0.4) is 0 Å². The van der Waals surface area contributed by atoms with Crippen molar-refractivity contribution in [1.82, 2.24) is 4.90 Å².